The number of hydrogen-bond acceptors (Lipinski definition) is 4. The number of rotatable bonds is 9. The Labute approximate surface area is 199 Å². The van der Waals surface area contributed by atoms with Gasteiger partial charge in [-0.15, -0.1) is 0 Å². The number of aromatic amines is 1. The van der Waals surface area contributed by atoms with Crippen LogP contribution in [-0.4, -0.2) is 33.4 Å². The number of thiol groups is 1. The molecule has 6 nitrogen and oxygen atoms in total. The zero-order valence-corrected chi connectivity index (χ0v) is 19.6. The molecule has 1 fully saturated rings. The number of aryl methyl sites for hydroxylation is 1. The highest BCUT2D eigenvalue weighted by molar-refractivity contribution is 7.80. The van der Waals surface area contributed by atoms with Gasteiger partial charge in [0.25, 0.3) is 0 Å². The van der Waals surface area contributed by atoms with Gasteiger partial charge in [-0.3, -0.25) is 4.98 Å². The third-order valence-electron chi connectivity index (χ3n) is 6.08. The van der Waals surface area contributed by atoms with E-state index in [-0.39, 0.29) is 11.7 Å². The second-order valence-electron chi connectivity index (χ2n) is 8.51. The van der Waals surface area contributed by atoms with Crippen molar-refractivity contribution in [3.63, 3.8) is 0 Å². The van der Waals surface area contributed by atoms with Crippen molar-refractivity contribution in [3.8, 4) is 0 Å². The van der Waals surface area contributed by atoms with E-state index in [1.54, 1.807) is 0 Å². The molecule has 2 aromatic heterocycles. The van der Waals surface area contributed by atoms with Crippen molar-refractivity contribution in [2.45, 2.75) is 51.0 Å². The Balaban J connectivity index is 1.57. The summed E-state index contributed by atoms with van der Waals surface area (Å²) in [6.45, 7) is 0. The van der Waals surface area contributed by atoms with E-state index >= 15 is 0 Å². The van der Waals surface area contributed by atoms with Crippen molar-refractivity contribution in [1.29, 1.82) is 0 Å². The zero-order chi connectivity index (χ0) is 23.0. The van der Waals surface area contributed by atoms with E-state index in [0.29, 0.717) is 23.3 Å². The molecule has 0 spiro atoms. The van der Waals surface area contributed by atoms with Crippen molar-refractivity contribution < 1.29 is 4.39 Å². The van der Waals surface area contributed by atoms with E-state index in [9.17, 15) is 4.39 Å². The molecule has 0 aromatic carbocycles. The highest BCUT2D eigenvalue weighted by Crippen LogP contribution is 2.32. The van der Waals surface area contributed by atoms with Crippen LogP contribution in [0.2, 0.25) is 0 Å². The minimum absolute atomic E-state index is 0.170. The number of nitrogens with zero attached hydrogens (tertiary/aromatic N) is 3. The van der Waals surface area contributed by atoms with Crippen LogP contribution in [0.25, 0.3) is 0 Å². The standard InChI is InChI=1S/C25H31FN6S/c26-19-16-28-12-11-21(19)31-25(23-14-17(15-29-23)6-2-1-3-13-33)32-24(27)22-10-5-9-20(30-22)18-7-4-8-18/h5,9-12,14-16,18,22,29-30,33H,1-4,6-8,13H2,(H2,27,28,31,32). The van der Waals surface area contributed by atoms with Crippen LogP contribution in [0.15, 0.2) is 64.6 Å². The van der Waals surface area contributed by atoms with Crippen molar-refractivity contribution >= 4 is 30.0 Å². The lowest BCUT2D eigenvalue weighted by atomic mass is 9.82. The van der Waals surface area contributed by atoms with E-state index in [4.69, 9.17) is 5.73 Å². The summed E-state index contributed by atoms with van der Waals surface area (Å²) in [6, 6.07) is 3.31. The van der Waals surface area contributed by atoms with Gasteiger partial charge in [0.05, 0.1) is 11.9 Å². The number of pyridine rings is 1. The van der Waals surface area contributed by atoms with Gasteiger partial charge in [0.2, 0.25) is 0 Å². The van der Waals surface area contributed by atoms with Gasteiger partial charge >= 0.3 is 0 Å². The SMILES string of the molecule is NC(=NC(=Nc1ccncc1F)c1cc(CCCCCS)c[nH]1)C1C=CC=C(C2CCC2)N1. The number of aromatic nitrogens is 2. The molecule has 2 aliphatic rings. The second-order valence-corrected chi connectivity index (χ2v) is 8.96. The molecular weight excluding hydrogens is 435 g/mol. The average molecular weight is 467 g/mol. The summed E-state index contributed by atoms with van der Waals surface area (Å²) < 4.78 is 14.3. The van der Waals surface area contributed by atoms with E-state index in [0.717, 1.165) is 43.2 Å². The predicted octanol–water partition coefficient (Wildman–Crippen LogP) is 4.84. The van der Waals surface area contributed by atoms with Gasteiger partial charge in [0.15, 0.2) is 11.7 Å². The fraction of sp³-hybridized carbons (Fsp3) is 0.400. The lowest BCUT2D eigenvalue weighted by Gasteiger charge is -2.32. The topological polar surface area (TPSA) is 91.4 Å². The quantitative estimate of drug-likeness (QED) is 0.184. The van der Waals surface area contributed by atoms with Crippen LogP contribution in [0.1, 0.15) is 49.8 Å². The first-order valence-corrected chi connectivity index (χ1v) is 12.2. The maximum atomic E-state index is 14.3. The molecule has 0 bridgehead atoms. The van der Waals surface area contributed by atoms with Crippen LogP contribution in [-0.2, 0) is 6.42 Å². The normalized spacial score (nSPS) is 19.2. The van der Waals surface area contributed by atoms with Gasteiger partial charge < -0.3 is 16.0 Å². The maximum absolute atomic E-state index is 14.3. The molecule has 0 amide bonds. The fourth-order valence-corrected chi connectivity index (χ4v) is 4.16. The van der Waals surface area contributed by atoms with Gasteiger partial charge in [-0.2, -0.15) is 12.6 Å². The number of nitrogens with one attached hydrogen (secondary N) is 2. The molecule has 0 radical (unpaired) electrons. The Kier molecular flexibility index (Phi) is 7.99. The predicted molar refractivity (Wildman–Crippen MR) is 136 cm³/mol. The number of aliphatic imine (C=N–C) groups is 2. The summed E-state index contributed by atoms with van der Waals surface area (Å²) >= 11 is 4.27. The van der Waals surface area contributed by atoms with Crippen molar-refractivity contribution in [2.75, 3.05) is 5.75 Å². The second kappa shape index (κ2) is 11.3. The number of H-pyrrole nitrogens is 1. The smallest absolute Gasteiger partial charge is 0.178 e. The molecule has 1 aliphatic carbocycles. The molecule has 3 heterocycles. The van der Waals surface area contributed by atoms with Gasteiger partial charge in [-0.1, -0.05) is 25.0 Å². The molecule has 0 saturated heterocycles. The van der Waals surface area contributed by atoms with Crippen LogP contribution in [0.3, 0.4) is 0 Å². The summed E-state index contributed by atoms with van der Waals surface area (Å²) in [6.07, 6.45) is 18.7. The minimum Gasteiger partial charge on any atom is -0.385 e. The summed E-state index contributed by atoms with van der Waals surface area (Å²) in [4.78, 5) is 16.2. The van der Waals surface area contributed by atoms with E-state index < -0.39 is 5.82 Å². The van der Waals surface area contributed by atoms with Gasteiger partial charge in [0.1, 0.15) is 17.6 Å². The molecule has 1 saturated carbocycles. The number of dihydropyridines is 1. The highest BCUT2D eigenvalue weighted by Gasteiger charge is 2.25. The van der Waals surface area contributed by atoms with E-state index in [1.807, 2.05) is 24.4 Å². The summed E-state index contributed by atoms with van der Waals surface area (Å²) in [5.41, 5.74) is 9.66. The number of allylic oxidation sites excluding steroid dienone is 3. The van der Waals surface area contributed by atoms with Crippen LogP contribution in [0.5, 0.6) is 0 Å². The zero-order valence-electron chi connectivity index (χ0n) is 18.7. The first-order valence-electron chi connectivity index (χ1n) is 11.6. The molecule has 4 N–H and O–H groups in total. The number of hydrogen-bond donors (Lipinski definition) is 4. The molecule has 1 aliphatic heterocycles. The molecular formula is C25H31FN6S. The lowest BCUT2D eigenvalue weighted by molar-refractivity contribution is 0.348. The third-order valence-corrected chi connectivity index (χ3v) is 6.40. The Morgan fingerprint density at radius 1 is 1.27 bits per heavy atom. The van der Waals surface area contributed by atoms with Crippen LogP contribution in [0.4, 0.5) is 10.1 Å². The summed E-state index contributed by atoms with van der Waals surface area (Å²) in [5.74, 6) is 1.69. The van der Waals surface area contributed by atoms with Crippen LogP contribution < -0.4 is 11.1 Å². The first kappa shape index (κ1) is 23.3. The highest BCUT2D eigenvalue weighted by atomic mass is 32.1. The Hall–Kier alpha value is -2.87. The third kappa shape index (κ3) is 6.13. The number of nitrogens with two attached hydrogens (primary N) is 1. The molecule has 4 rings (SSSR count). The Bertz CT molecular complexity index is 1070. The van der Waals surface area contributed by atoms with Crippen molar-refractivity contribution in [1.82, 2.24) is 15.3 Å². The van der Waals surface area contributed by atoms with Gasteiger partial charge in [-0.25, -0.2) is 14.4 Å². The van der Waals surface area contributed by atoms with Crippen LogP contribution in [0, 0.1) is 11.7 Å². The molecule has 174 valence electrons. The largest absolute Gasteiger partial charge is 0.385 e. The Morgan fingerprint density at radius 2 is 2.15 bits per heavy atom. The van der Waals surface area contributed by atoms with Gasteiger partial charge in [0, 0.05) is 18.1 Å². The molecule has 1 atom stereocenters. The van der Waals surface area contributed by atoms with E-state index in [1.165, 1.54) is 37.2 Å². The number of halogens is 1. The molecule has 2 aromatic rings. The Morgan fingerprint density at radius 3 is 2.91 bits per heavy atom. The first-order chi connectivity index (χ1) is 16.1. The van der Waals surface area contributed by atoms with E-state index in [2.05, 4.69) is 44.0 Å². The molecule has 33 heavy (non-hydrogen) atoms. The number of amidine groups is 2. The monoisotopic (exact) mass is 466 g/mol. The van der Waals surface area contributed by atoms with Crippen molar-refractivity contribution in [3.05, 3.63) is 71.7 Å². The minimum atomic E-state index is -0.506. The van der Waals surface area contributed by atoms with Crippen LogP contribution >= 0.6 is 12.6 Å². The van der Waals surface area contributed by atoms with Gasteiger partial charge in [-0.05, 0) is 67.5 Å². The molecule has 1 unspecified atom stereocenters. The fourth-order valence-electron chi connectivity index (χ4n) is 3.93. The van der Waals surface area contributed by atoms with Crippen molar-refractivity contribution in [2.24, 2.45) is 21.6 Å². The average Bonchev–Trinajstić information content (AvgIpc) is 3.26. The lowest BCUT2D eigenvalue weighted by Crippen LogP contribution is -2.43. The maximum Gasteiger partial charge on any atom is 0.178 e. The summed E-state index contributed by atoms with van der Waals surface area (Å²) in [7, 11) is 0. The number of unbranched alkanes of at least 4 members (excludes halogenated alkanes) is 2. The molecule has 8 heteroatoms. The summed E-state index contributed by atoms with van der Waals surface area (Å²) in [5, 5.41) is 3.50.